The van der Waals surface area contributed by atoms with Crippen LogP contribution in [0.25, 0.3) is 33.2 Å². The molecule has 0 aliphatic rings. The van der Waals surface area contributed by atoms with Crippen LogP contribution in [0.3, 0.4) is 0 Å². The molecule has 0 spiro atoms. The molecule has 0 aliphatic heterocycles. The number of sulfonamides is 1. The molecule has 0 unspecified atom stereocenters. The average Bonchev–Trinajstić information content (AvgIpc) is 2.72. The van der Waals surface area contributed by atoms with Crippen molar-refractivity contribution in [3.05, 3.63) is 65.9 Å². The maximum absolute atomic E-state index is 15.7. The van der Waals surface area contributed by atoms with E-state index in [9.17, 15) is 12.8 Å². The summed E-state index contributed by atoms with van der Waals surface area (Å²) in [7, 11) is -2.91. The Labute approximate surface area is 182 Å². The lowest BCUT2D eigenvalue weighted by molar-refractivity contribution is 0.404. The van der Waals surface area contributed by atoms with E-state index in [4.69, 9.17) is 15.6 Å². The number of rotatable bonds is 4. The van der Waals surface area contributed by atoms with Gasteiger partial charge < -0.3 is 10.5 Å². The molecule has 0 fully saturated rings. The fraction of sp³-hybridized carbons (Fsp3) is 0.0909. The summed E-state index contributed by atoms with van der Waals surface area (Å²) in [6.45, 7) is 1.63. The smallest absolute Gasteiger partial charge is 0.241 e. The standard InChI is InChI=1S/C22H18F2N4O3S/c1-11-7-15(21(31-2)18(8-11)32(26,29)30)14-4-5-16(23)19(20(14)24)12-3-6-17-13(9-12)10-27-22(25)28-17/h3-10H,1-2H3,(H2,25,27,28)(H2,26,29,30). The van der Waals surface area contributed by atoms with Crippen LogP contribution in [0.4, 0.5) is 14.7 Å². The van der Waals surface area contributed by atoms with Gasteiger partial charge in [0, 0.05) is 22.7 Å². The zero-order valence-electron chi connectivity index (χ0n) is 17.1. The molecule has 32 heavy (non-hydrogen) atoms. The monoisotopic (exact) mass is 456 g/mol. The minimum Gasteiger partial charge on any atom is -0.495 e. The van der Waals surface area contributed by atoms with Crippen molar-refractivity contribution in [2.45, 2.75) is 11.8 Å². The van der Waals surface area contributed by atoms with Gasteiger partial charge in [0.25, 0.3) is 0 Å². The van der Waals surface area contributed by atoms with E-state index in [1.54, 1.807) is 25.1 Å². The van der Waals surface area contributed by atoms with Crippen LogP contribution in [-0.2, 0) is 10.0 Å². The van der Waals surface area contributed by atoms with Crippen molar-refractivity contribution >= 4 is 26.9 Å². The van der Waals surface area contributed by atoms with Gasteiger partial charge in [-0.05, 0) is 54.4 Å². The van der Waals surface area contributed by atoms with Crippen LogP contribution in [0, 0.1) is 18.6 Å². The Morgan fingerprint density at radius 3 is 2.47 bits per heavy atom. The number of hydrogen-bond acceptors (Lipinski definition) is 6. The third-order valence-electron chi connectivity index (χ3n) is 4.98. The number of halogens is 2. The molecule has 4 N–H and O–H groups in total. The molecule has 0 saturated heterocycles. The summed E-state index contributed by atoms with van der Waals surface area (Å²) in [6.07, 6.45) is 1.46. The van der Waals surface area contributed by atoms with Crippen molar-refractivity contribution in [2.24, 2.45) is 5.14 Å². The van der Waals surface area contributed by atoms with Gasteiger partial charge >= 0.3 is 0 Å². The lowest BCUT2D eigenvalue weighted by Crippen LogP contribution is -2.14. The first-order chi connectivity index (χ1) is 15.1. The maximum Gasteiger partial charge on any atom is 0.241 e. The van der Waals surface area contributed by atoms with Gasteiger partial charge in [0.05, 0.1) is 18.2 Å². The number of methoxy groups -OCH3 is 1. The van der Waals surface area contributed by atoms with E-state index in [0.717, 1.165) is 6.07 Å². The molecule has 7 nitrogen and oxygen atoms in total. The van der Waals surface area contributed by atoms with Crippen LogP contribution < -0.4 is 15.6 Å². The second-order valence-corrected chi connectivity index (χ2v) is 8.70. The lowest BCUT2D eigenvalue weighted by atomic mass is 9.95. The highest BCUT2D eigenvalue weighted by atomic mass is 32.2. The summed E-state index contributed by atoms with van der Waals surface area (Å²) in [5.41, 5.74) is 6.67. The van der Waals surface area contributed by atoms with Crippen LogP contribution >= 0.6 is 0 Å². The summed E-state index contributed by atoms with van der Waals surface area (Å²) >= 11 is 0. The van der Waals surface area contributed by atoms with Crippen molar-refractivity contribution in [1.82, 2.24) is 9.97 Å². The Morgan fingerprint density at radius 1 is 1.03 bits per heavy atom. The maximum atomic E-state index is 15.7. The SMILES string of the molecule is COc1c(-c2ccc(F)c(-c3ccc4nc(N)ncc4c3)c2F)cc(C)cc1S(N)(=O)=O. The van der Waals surface area contributed by atoms with Crippen molar-refractivity contribution < 1.29 is 21.9 Å². The predicted molar refractivity (Wildman–Crippen MR) is 117 cm³/mol. The minimum absolute atomic E-state index is 0.0412. The molecule has 1 heterocycles. The fourth-order valence-corrected chi connectivity index (χ4v) is 4.39. The van der Waals surface area contributed by atoms with Gasteiger partial charge in [0.15, 0.2) is 0 Å². The molecule has 0 aliphatic carbocycles. The zero-order chi connectivity index (χ0) is 23.2. The second kappa shape index (κ2) is 7.81. The van der Waals surface area contributed by atoms with Crippen molar-refractivity contribution in [2.75, 3.05) is 12.8 Å². The summed E-state index contributed by atoms with van der Waals surface area (Å²) in [4.78, 5) is 7.70. The summed E-state index contributed by atoms with van der Waals surface area (Å²) in [6, 6.07) is 9.85. The first-order valence-electron chi connectivity index (χ1n) is 9.32. The van der Waals surface area contributed by atoms with Crippen molar-refractivity contribution in [3.63, 3.8) is 0 Å². The molecule has 10 heteroatoms. The number of ether oxygens (including phenoxy) is 1. The van der Waals surface area contributed by atoms with Gasteiger partial charge in [0.1, 0.15) is 22.3 Å². The molecule has 4 rings (SSSR count). The van der Waals surface area contributed by atoms with Gasteiger partial charge in [-0.25, -0.2) is 32.3 Å². The predicted octanol–water partition coefficient (Wildman–Crippen LogP) is 3.79. The Kier molecular flexibility index (Phi) is 5.27. The first kappa shape index (κ1) is 21.6. The number of nitrogens with two attached hydrogens (primary N) is 2. The zero-order valence-corrected chi connectivity index (χ0v) is 17.9. The molecule has 0 saturated carbocycles. The van der Waals surface area contributed by atoms with Gasteiger partial charge in [-0.1, -0.05) is 6.07 Å². The van der Waals surface area contributed by atoms with Crippen LogP contribution in [0.2, 0.25) is 0 Å². The molecule has 3 aromatic carbocycles. The van der Waals surface area contributed by atoms with Gasteiger partial charge in [-0.15, -0.1) is 0 Å². The highest BCUT2D eigenvalue weighted by Gasteiger charge is 2.24. The highest BCUT2D eigenvalue weighted by molar-refractivity contribution is 7.89. The van der Waals surface area contributed by atoms with Crippen molar-refractivity contribution in [3.8, 4) is 28.0 Å². The fourth-order valence-electron chi connectivity index (χ4n) is 3.59. The number of benzene rings is 3. The van der Waals surface area contributed by atoms with Gasteiger partial charge in [0.2, 0.25) is 16.0 Å². The van der Waals surface area contributed by atoms with Gasteiger partial charge in [-0.3, -0.25) is 0 Å². The summed E-state index contributed by atoms with van der Waals surface area (Å²) < 4.78 is 59.9. The third-order valence-corrected chi connectivity index (χ3v) is 5.89. The first-order valence-corrected chi connectivity index (χ1v) is 10.9. The van der Waals surface area contributed by atoms with E-state index in [1.807, 2.05) is 0 Å². The number of aromatic nitrogens is 2. The molecular formula is C22H18F2N4O3S. The van der Waals surface area contributed by atoms with Crippen LogP contribution in [0.15, 0.2) is 53.6 Å². The minimum atomic E-state index is -4.16. The second-order valence-electron chi connectivity index (χ2n) is 7.17. The largest absolute Gasteiger partial charge is 0.495 e. The molecular weight excluding hydrogens is 438 g/mol. The highest BCUT2D eigenvalue weighted by Crippen LogP contribution is 2.41. The number of nitrogens with zero attached hydrogens (tertiary/aromatic N) is 2. The number of aryl methyl sites for hydroxylation is 1. The van der Waals surface area contributed by atoms with E-state index >= 15 is 4.39 Å². The lowest BCUT2D eigenvalue weighted by Gasteiger charge is -2.16. The van der Waals surface area contributed by atoms with Gasteiger partial charge in [-0.2, -0.15) is 0 Å². The number of nitrogen functional groups attached to an aromatic ring is 1. The third kappa shape index (κ3) is 3.74. The number of hydrogen-bond donors (Lipinski definition) is 2. The van der Waals surface area contributed by atoms with E-state index in [2.05, 4.69) is 9.97 Å². The normalized spacial score (nSPS) is 11.7. The van der Waals surface area contributed by atoms with E-state index in [1.165, 1.54) is 31.5 Å². The quantitative estimate of drug-likeness (QED) is 0.482. The molecule has 1 aromatic heterocycles. The number of primary sulfonamides is 1. The molecule has 0 atom stereocenters. The molecule has 4 aromatic rings. The van der Waals surface area contributed by atoms with Crippen LogP contribution in [0.1, 0.15) is 5.56 Å². The Hall–Kier alpha value is -3.63. The number of fused-ring (bicyclic) bond motifs is 1. The Bertz CT molecular complexity index is 1490. The Morgan fingerprint density at radius 2 is 1.78 bits per heavy atom. The summed E-state index contributed by atoms with van der Waals surface area (Å²) in [5, 5.41) is 5.86. The van der Waals surface area contributed by atoms with Crippen LogP contribution in [-0.4, -0.2) is 25.5 Å². The van der Waals surface area contributed by atoms with E-state index < -0.39 is 21.7 Å². The number of anilines is 1. The molecule has 164 valence electrons. The van der Waals surface area contributed by atoms with Crippen molar-refractivity contribution in [1.29, 1.82) is 0 Å². The summed E-state index contributed by atoms with van der Waals surface area (Å²) in [5.74, 6) is -1.72. The molecule has 0 amide bonds. The average molecular weight is 456 g/mol. The van der Waals surface area contributed by atoms with E-state index in [-0.39, 0.29) is 38.8 Å². The van der Waals surface area contributed by atoms with E-state index in [0.29, 0.717) is 16.5 Å². The molecule has 0 radical (unpaired) electrons. The van der Waals surface area contributed by atoms with Crippen LogP contribution in [0.5, 0.6) is 5.75 Å². The topological polar surface area (TPSA) is 121 Å². The molecule has 0 bridgehead atoms. The Balaban J connectivity index is 1.98.